The minimum atomic E-state index is -0.551. The van der Waals surface area contributed by atoms with E-state index in [0.29, 0.717) is 0 Å². The maximum absolute atomic E-state index is 9.94. The highest BCUT2D eigenvalue weighted by atomic mass is 16.3. The van der Waals surface area contributed by atoms with Crippen molar-refractivity contribution in [3.63, 3.8) is 0 Å². The third-order valence-corrected chi connectivity index (χ3v) is 3.54. The Bertz CT molecular complexity index is 214. The van der Waals surface area contributed by atoms with Gasteiger partial charge in [-0.2, -0.15) is 0 Å². The average molecular weight is 226 g/mol. The van der Waals surface area contributed by atoms with Crippen molar-refractivity contribution in [2.75, 3.05) is 26.2 Å². The Kier molecular flexibility index (Phi) is 3.88. The molecule has 0 amide bonds. The summed E-state index contributed by atoms with van der Waals surface area (Å²) in [5, 5.41) is 13.4. The van der Waals surface area contributed by atoms with Gasteiger partial charge in [0.25, 0.3) is 0 Å². The van der Waals surface area contributed by atoms with Crippen LogP contribution in [-0.2, 0) is 0 Å². The molecule has 2 N–H and O–H groups in total. The molecule has 0 aromatic heterocycles. The second-order valence-corrected chi connectivity index (χ2v) is 6.19. The minimum Gasteiger partial charge on any atom is -0.389 e. The van der Waals surface area contributed by atoms with Crippen molar-refractivity contribution >= 4 is 0 Å². The van der Waals surface area contributed by atoms with Crippen LogP contribution in [0.25, 0.3) is 0 Å². The van der Waals surface area contributed by atoms with E-state index in [1.165, 1.54) is 38.8 Å². The molecule has 2 aliphatic rings. The van der Waals surface area contributed by atoms with Crippen molar-refractivity contribution in [1.29, 1.82) is 0 Å². The maximum atomic E-state index is 9.94. The zero-order valence-electron chi connectivity index (χ0n) is 10.7. The summed E-state index contributed by atoms with van der Waals surface area (Å²) in [7, 11) is 0. The predicted molar refractivity (Wildman–Crippen MR) is 66.5 cm³/mol. The lowest BCUT2D eigenvalue weighted by Gasteiger charge is -2.33. The summed E-state index contributed by atoms with van der Waals surface area (Å²) in [4.78, 5) is 2.51. The highest BCUT2D eigenvalue weighted by molar-refractivity contribution is 4.89. The van der Waals surface area contributed by atoms with Crippen molar-refractivity contribution < 1.29 is 5.11 Å². The molecule has 1 atom stereocenters. The summed E-state index contributed by atoms with van der Waals surface area (Å²) in [6.07, 6.45) is 5.32. The van der Waals surface area contributed by atoms with Crippen molar-refractivity contribution in [3.8, 4) is 0 Å². The smallest absolute Gasteiger partial charge is 0.0718 e. The SMILES string of the molecule is CC(C)(O)CN(CC1CCCNC1)C1CC1. The molecule has 0 aromatic rings. The molecule has 2 rings (SSSR count). The fourth-order valence-corrected chi connectivity index (χ4v) is 2.69. The lowest BCUT2D eigenvalue weighted by molar-refractivity contribution is 0.0264. The molecular formula is C13H26N2O. The van der Waals surface area contributed by atoms with Gasteiger partial charge in [-0.3, -0.25) is 4.90 Å². The first kappa shape index (κ1) is 12.3. The van der Waals surface area contributed by atoms with Crippen LogP contribution in [-0.4, -0.2) is 47.8 Å². The van der Waals surface area contributed by atoms with Crippen LogP contribution in [0.2, 0.25) is 0 Å². The van der Waals surface area contributed by atoms with Gasteiger partial charge in [-0.25, -0.2) is 0 Å². The molecule has 1 aliphatic heterocycles. The molecule has 3 heteroatoms. The lowest BCUT2D eigenvalue weighted by Crippen LogP contribution is -2.45. The summed E-state index contributed by atoms with van der Waals surface area (Å²) in [5.74, 6) is 0.789. The zero-order chi connectivity index (χ0) is 11.6. The van der Waals surface area contributed by atoms with Gasteiger partial charge in [0.05, 0.1) is 5.60 Å². The largest absolute Gasteiger partial charge is 0.389 e. The molecule has 3 nitrogen and oxygen atoms in total. The first-order valence-electron chi connectivity index (χ1n) is 6.72. The number of nitrogens with one attached hydrogen (secondary N) is 1. The van der Waals surface area contributed by atoms with Crippen molar-refractivity contribution in [3.05, 3.63) is 0 Å². The molecule has 1 saturated heterocycles. The lowest BCUT2D eigenvalue weighted by atomic mass is 9.98. The van der Waals surface area contributed by atoms with Crippen LogP contribution in [0.5, 0.6) is 0 Å². The number of piperidine rings is 1. The van der Waals surface area contributed by atoms with Crippen molar-refractivity contribution in [2.45, 2.75) is 51.2 Å². The molecule has 16 heavy (non-hydrogen) atoms. The average Bonchev–Trinajstić information content (AvgIpc) is 2.99. The van der Waals surface area contributed by atoms with Crippen LogP contribution in [0.4, 0.5) is 0 Å². The van der Waals surface area contributed by atoms with E-state index in [4.69, 9.17) is 0 Å². The normalized spacial score (nSPS) is 27.4. The quantitative estimate of drug-likeness (QED) is 0.740. The fraction of sp³-hybridized carbons (Fsp3) is 1.00. The van der Waals surface area contributed by atoms with Crippen LogP contribution in [0.15, 0.2) is 0 Å². The maximum Gasteiger partial charge on any atom is 0.0718 e. The second-order valence-electron chi connectivity index (χ2n) is 6.19. The van der Waals surface area contributed by atoms with Crippen molar-refractivity contribution in [1.82, 2.24) is 10.2 Å². The fourth-order valence-electron chi connectivity index (χ4n) is 2.69. The van der Waals surface area contributed by atoms with Crippen LogP contribution >= 0.6 is 0 Å². The second kappa shape index (κ2) is 5.03. The third-order valence-electron chi connectivity index (χ3n) is 3.54. The third kappa shape index (κ3) is 4.04. The van der Waals surface area contributed by atoms with E-state index in [9.17, 15) is 5.11 Å². The standard InChI is InChI=1S/C13H26N2O/c1-13(2,16)10-15(12-5-6-12)9-11-4-3-7-14-8-11/h11-12,14,16H,3-10H2,1-2H3. The van der Waals surface area contributed by atoms with Gasteiger partial charge in [-0.15, -0.1) is 0 Å². The number of hydrogen-bond acceptors (Lipinski definition) is 3. The van der Waals surface area contributed by atoms with E-state index in [-0.39, 0.29) is 0 Å². The van der Waals surface area contributed by atoms with Gasteiger partial charge in [-0.1, -0.05) is 0 Å². The Morgan fingerprint density at radius 3 is 2.56 bits per heavy atom. The summed E-state index contributed by atoms with van der Waals surface area (Å²) in [6, 6.07) is 0.758. The summed E-state index contributed by atoms with van der Waals surface area (Å²) >= 11 is 0. The van der Waals surface area contributed by atoms with E-state index >= 15 is 0 Å². The Morgan fingerprint density at radius 2 is 2.06 bits per heavy atom. The number of aliphatic hydroxyl groups is 1. The zero-order valence-corrected chi connectivity index (χ0v) is 10.7. The van der Waals surface area contributed by atoms with Gasteiger partial charge in [0.15, 0.2) is 0 Å². The molecule has 0 radical (unpaired) electrons. The molecule has 1 unspecified atom stereocenters. The van der Waals surface area contributed by atoms with E-state index < -0.39 is 5.60 Å². The molecule has 94 valence electrons. The topological polar surface area (TPSA) is 35.5 Å². The Hall–Kier alpha value is -0.120. The molecule has 1 saturated carbocycles. The van der Waals surface area contributed by atoms with Crippen LogP contribution in [0.3, 0.4) is 0 Å². The Balaban J connectivity index is 1.82. The molecule has 0 spiro atoms. The van der Waals surface area contributed by atoms with Crippen LogP contribution < -0.4 is 5.32 Å². The molecular weight excluding hydrogens is 200 g/mol. The highest BCUT2D eigenvalue weighted by Gasteiger charge is 2.33. The summed E-state index contributed by atoms with van der Waals surface area (Å²) in [6.45, 7) is 8.18. The van der Waals surface area contributed by atoms with Gasteiger partial charge in [0, 0.05) is 19.1 Å². The van der Waals surface area contributed by atoms with E-state index in [0.717, 1.165) is 25.0 Å². The van der Waals surface area contributed by atoms with Gasteiger partial charge < -0.3 is 10.4 Å². The number of rotatable bonds is 5. The minimum absolute atomic E-state index is 0.551. The Morgan fingerprint density at radius 1 is 1.31 bits per heavy atom. The highest BCUT2D eigenvalue weighted by Crippen LogP contribution is 2.29. The van der Waals surface area contributed by atoms with Gasteiger partial charge in [0.1, 0.15) is 0 Å². The molecule has 0 aromatic carbocycles. The molecule has 1 aliphatic carbocycles. The van der Waals surface area contributed by atoms with E-state index in [2.05, 4.69) is 10.2 Å². The summed E-state index contributed by atoms with van der Waals surface area (Å²) in [5.41, 5.74) is -0.551. The Labute approximate surface area is 99.2 Å². The first-order valence-corrected chi connectivity index (χ1v) is 6.72. The van der Waals surface area contributed by atoms with Crippen LogP contribution in [0, 0.1) is 5.92 Å². The monoisotopic (exact) mass is 226 g/mol. The number of hydrogen-bond donors (Lipinski definition) is 2. The molecule has 2 fully saturated rings. The van der Waals surface area contributed by atoms with E-state index in [1.807, 2.05) is 13.8 Å². The molecule has 1 heterocycles. The van der Waals surface area contributed by atoms with Gasteiger partial charge >= 0.3 is 0 Å². The van der Waals surface area contributed by atoms with Gasteiger partial charge in [0.2, 0.25) is 0 Å². The number of nitrogens with zero attached hydrogens (tertiary/aromatic N) is 1. The van der Waals surface area contributed by atoms with Gasteiger partial charge in [-0.05, 0) is 58.5 Å². The van der Waals surface area contributed by atoms with Crippen molar-refractivity contribution in [2.24, 2.45) is 5.92 Å². The summed E-state index contributed by atoms with van der Waals surface area (Å²) < 4.78 is 0. The first-order chi connectivity index (χ1) is 7.54. The molecule has 0 bridgehead atoms. The predicted octanol–water partition coefficient (Wildman–Crippen LogP) is 1.22. The van der Waals surface area contributed by atoms with Crippen LogP contribution in [0.1, 0.15) is 39.5 Å². The van der Waals surface area contributed by atoms with E-state index in [1.54, 1.807) is 0 Å².